The minimum absolute atomic E-state index is 0.000396. The van der Waals surface area contributed by atoms with E-state index in [1.54, 1.807) is 12.0 Å². The van der Waals surface area contributed by atoms with Crippen LogP contribution in [0.4, 0.5) is 11.4 Å². The molecule has 3 amide bonds. The standard InChI is InChI=1S/C30H38N4O8S/c1-33(43(4,39)40)24-14-22(13-23(15-24)30(38)42-3)29(37)31-18-28(36)34-11-9-19(10-12-34)20-5-6-21-16-25(41-2)7-8-26(21)32-27(35)17-20/h7-8,13-16,19-20H,5-6,9-12,17-18H2,1-4H3,(H,31,37)(H,32,35). The van der Waals surface area contributed by atoms with Crippen molar-refractivity contribution in [3.05, 3.63) is 53.1 Å². The summed E-state index contributed by atoms with van der Waals surface area (Å²) in [6.45, 7) is 0.777. The summed E-state index contributed by atoms with van der Waals surface area (Å²) >= 11 is 0. The molecule has 232 valence electrons. The Morgan fingerprint density at radius 1 is 1.02 bits per heavy atom. The third-order valence-electron chi connectivity index (χ3n) is 8.24. The summed E-state index contributed by atoms with van der Waals surface area (Å²) in [6, 6.07) is 9.60. The van der Waals surface area contributed by atoms with Crippen molar-refractivity contribution in [1.82, 2.24) is 10.2 Å². The molecule has 2 N–H and O–H groups in total. The van der Waals surface area contributed by atoms with Crippen molar-refractivity contribution in [3.63, 3.8) is 0 Å². The number of piperidine rings is 1. The average molecular weight is 615 g/mol. The molecule has 0 saturated carbocycles. The van der Waals surface area contributed by atoms with Crippen molar-refractivity contribution >= 4 is 45.1 Å². The first kappa shape index (κ1) is 31.8. The Morgan fingerprint density at radius 3 is 2.37 bits per heavy atom. The highest BCUT2D eigenvalue weighted by Gasteiger charge is 2.31. The van der Waals surface area contributed by atoms with Crippen molar-refractivity contribution in [2.75, 3.05) is 56.8 Å². The van der Waals surface area contributed by atoms with E-state index in [0.717, 1.165) is 53.2 Å². The number of methoxy groups -OCH3 is 2. The molecule has 0 aromatic heterocycles. The quantitative estimate of drug-likeness (QED) is 0.431. The van der Waals surface area contributed by atoms with Gasteiger partial charge in [0.05, 0.1) is 38.3 Å². The van der Waals surface area contributed by atoms with E-state index in [1.165, 1.54) is 32.4 Å². The van der Waals surface area contributed by atoms with Crippen LogP contribution in [-0.2, 0) is 30.8 Å². The fourth-order valence-electron chi connectivity index (χ4n) is 5.65. The molecule has 4 rings (SSSR count). The Kier molecular flexibility index (Phi) is 9.95. The van der Waals surface area contributed by atoms with Gasteiger partial charge in [-0.2, -0.15) is 0 Å². The highest BCUT2D eigenvalue weighted by atomic mass is 32.2. The number of nitrogens with zero attached hydrogens (tertiary/aromatic N) is 2. The second kappa shape index (κ2) is 13.4. The van der Waals surface area contributed by atoms with Gasteiger partial charge in [0.25, 0.3) is 5.91 Å². The van der Waals surface area contributed by atoms with E-state index in [2.05, 4.69) is 10.6 Å². The number of rotatable bonds is 8. The second-order valence-corrected chi connectivity index (χ2v) is 13.0. The van der Waals surface area contributed by atoms with Gasteiger partial charge >= 0.3 is 5.97 Å². The number of esters is 1. The van der Waals surface area contributed by atoms with E-state index < -0.39 is 21.9 Å². The molecule has 1 fully saturated rings. The minimum Gasteiger partial charge on any atom is -0.497 e. The van der Waals surface area contributed by atoms with E-state index in [9.17, 15) is 27.6 Å². The van der Waals surface area contributed by atoms with E-state index in [1.807, 2.05) is 18.2 Å². The van der Waals surface area contributed by atoms with Crippen molar-refractivity contribution in [2.45, 2.75) is 32.1 Å². The van der Waals surface area contributed by atoms with Crippen molar-refractivity contribution in [1.29, 1.82) is 0 Å². The molecule has 1 saturated heterocycles. The molecule has 43 heavy (non-hydrogen) atoms. The third-order valence-corrected chi connectivity index (χ3v) is 9.45. The monoisotopic (exact) mass is 614 g/mol. The van der Waals surface area contributed by atoms with Crippen LogP contribution in [0.5, 0.6) is 5.75 Å². The summed E-state index contributed by atoms with van der Waals surface area (Å²) in [5, 5.41) is 5.61. The van der Waals surface area contributed by atoms with E-state index in [-0.39, 0.29) is 41.1 Å². The molecule has 0 radical (unpaired) electrons. The molecular weight excluding hydrogens is 576 g/mol. The number of carbonyl (C=O) groups excluding carboxylic acids is 4. The van der Waals surface area contributed by atoms with Gasteiger partial charge in [0.1, 0.15) is 5.75 Å². The first-order valence-electron chi connectivity index (χ1n) is 14.1. The number of ether oxygens (including phenoxy) is 2. The van der Waals surface area contributed by atoms with Crippen LogP contribution in [0.3, 0.4) is 0 Å². The van der Waals surface area contributed by atoms with Gasteiger partial charge < -0.3 is 25.0 Å². The van der Waals surface area contributed by atoms with Gasteiger partial charge in [-0.15, -0.1) is 0 Å². The van der Waals surface area contributed by atoms with Gasteiger partial charge in [-0.05, 0) is 79.5 Å². The smallest absolute Gasteiger partial charge is 0.337 e. The Hall–Kier alpha value is -4.13. The second-order valence-electron chi connectivity index (χ2n) is 11.0. The van der Waals surface area contributed by atoms with Crippen LogP contribution >= 0.6 is 0 Å². The first-order valence-corrected chi connectivity index (χ1v) is 15.9. The molecule has 13 heteroatoms. The molecule has 2 aliphatic heterocycles. The molecule has 12 nitrogen and oxygen atoms in total. The summed E-state index contributed by atoms with van der Waals surface area (Å²) in [5.74, 6) is -0.389. The maximum absolute atomic E-state index is 13.0. The summed E-state index contributed by atoms with van der Waals surface area (Å²) in [6.07, 6.45) is 4.63. The molecule has 2 aromatic carbocycles. The highest BCUT2D eigenvalue weighted by Crippen LogP contribution is 2.35. The zero-order valence-electron chi connectivity index (χ0n) is 24.8. The fourth-order valence-corrected chi connectivity index (χ4v) is 6.14. The predicted octanol–water partition coefficient (Wildman–Crippen LogP) is 2.44. The van der Waals surface area contributed by atoms with Crippen molar-refractivity contribution in [3.8, 4) is 5.75 Å². The normalized spacial score (nSPS) is 17.5. The number of carbonyl (C=O) groups is 4. The number of benzene rings is 2. The first-order chi connectivity index (χ1) is 20.4. The predicted molar refractivity (Wildman–Crippen MR) is 161 cm³/mol. The van der Waals surface area contributed by atoms with Gasteiger partial charge in [-0.3, -0.25) is 18.7 Å². The lowest BCUT2D eigenvalue weighted by atomic mass is 9.78. The number of likely N-dealkylation sites (tertiary alicyclic amines) is 1. The third kappa shape index (κ3) is 7.83. The number of nitrogens with one attached hydrogen (secondary N) is 2. The largest absolute Gasteiger partial charge is 0.497 e. The Bertz CT molecular complexity index is 1500. The van der Waals surface area contributed by atoms with Crippen LogP contribution in [0, 0.1) is 11.8 Å². The number of fused-ring (bicyclic) bond motifs is 1. The van der Waals surface area contributed by atoms with Crippen molar-refractivity contribution in [2.24, 2.45) is 11.8 Å². The number of anilines is 2. The Labute approximate surface area is 251 Å². The molecular formula is C30H38N4O8S. The molecule has 2 aromatic rings. The topological polar surface area (TPSA) is 151 Å². The van der Waals surface area contributed by atoms with Gasteiger partial charge in [0.15, 0.2) is 0 Å². The maximum Gasteiger partial charge on any atom is 0.337 e. The number of aryl methyl sites for hydroxylation is 1. The Morgan fingerprint density at radius 2 is 1.72 bits per heavy atom. The molecule has 2 heterocycles. The number of hydrogen-bond donors (Lipinski definition) is 2. The van der Waals surface area contributed by atoms with Crippen LogP contribution in [-0.4, -0.2) is 84.2 Å². The molecule has 2 aliphatic rings. The number of amides is 3. The molecule has 1 atom stereocenters. The van der Waals surface area contributed by atoms with E-state index in [0.29, 0.717) is 25.4 Å². The van der Waals surface area contributed by atoms with Crippen LogP contribution < -0.4 is 19.7 Å². The fraction of sp³-hybridized carbons (Fsp3) is 0.467. The average Bonchev–Trinajstić information content (AvgIpc) is 2.99. The van der Waals surface area contributed by atoms with Crippen molar-refractivity contribution < 1.29 is 37.1 Å². The summed E-state index contributed by atoms with van der Waals surface area (Å²) in [4.78, 5) is 52.5. The number of hydrogen-bond acceptors (Lipinski definition) is 8. The molecule has 0 spiro atoms. The van der Waals surface area contributed by atoms with Crippen LogP contribution in [0.1, 0.15) is 52.0 Å². The summed E-state index contributed by atoms with van der Waals surface area (Å²) in [5.41, 5.74) is 1.99. The van der Waals surface area contributed by atoms with Gasteiger partial charge in [-0.1, -0.05) is 0 Å². The molecule has 0 bridgehead atoms. The van der Waals surface area contributed by atoms with Gasteiger partial charge in [-0.25, -0.2) is 13.2 Å². The van der Waals surface area contributed by atoms with E-state index in [4.69, 9.17) is 9.47 Å². The summed E-state index contributed by atoms with van der Waals surface area (Å²) < 4.78 is 35.1. The molecule has 0 aliphatic carbocycles. The lowest BCUT2D eigenvalue weighted by molar-refractivity contribution is -0.132. The Balaban J connectivity index is 1.34. The van der Waals surface area contributed by atoms with Gasteiger partial charge in [0, 0.05) is 37.8 Å². The minimum atomic E-state index is -3.66. The van der Waals surface area contributed by atoms with E-state index >= 15 is 0 Å². The highest BCUT2D eigenvalue weighted by molar-refractivity contribution is 7.92. The van der Waals surface area contributed by atoms with Crippen LogP contribution in [0.25, 0.3) is 0 Å². The maximum atomic E-state index is 13.0. The zero-order valence-corrected chi connectivity index (χ0v) is 25.7. The molecule has 1 unspecified atom stereocenters. The zero-order chi connectivity index (χ0) is 31.3. The SMILES string of the molecule is COC(=O)c1cc(C(=O)NCC(=O)N2CCC(C3CCc4cc(OC)ccc4NC(=O)C3)CC2)cc(N(C)S(C)(=O)=O)c1. The number of sulfonamides is 1. The lowest BCUT2D eigenvalue weighted by Gasteiger charge is -2.37. The van der Waals surface area contributed by atoms with Gasteiger partial charge in [0.2, 0.25) is 21.8 Å². The summed E-state index contributed by atoms with van der Waals surface area (Å²) in [7, 11) is 0.440. The van der Waals surface area contributed by atoms with Crippen LogP contribution in [0.15, 0.2) is 36.4 Å². The lowest BCUT2D eigenvalue weighted by Crippen LogP contribution is -2.45. The van der Waals surface area contributed by atoms with Crippen LogP contribution in [0.2, 0.25) is 0 Å².